The van der Waals surface area contributed by atoms with Crippen LogP contribution in [0.4, 0.5) is 0 Å². The SMILES string of the molecule is CCCCCCCCCCCCCCCCOC(=O)C1CC=CCC1C(=O)O. The minimum Gasteiger partial charge on any atom is -0.481 e. The van der Waals surface area contributed by atoms with Crippen LogP contribution in [0.25, 0.3) is 0 Å². The van der Waals surface area contributed by atoms with E-state index in [1.807, 2.05) is 12.2 Å². The van der Waals surface area contributed by atoms with E-state index in [0.717, 1.165) is 12.8 Å². The van der Waals surface area contributed by atoms with Crippen molar-refractivity contribution in [3.8, 4) is 0 Å². The molecule has 0 aromatic carbocycles. The lowest BCUT2D eigenvalue weighted by atomic mass is 9.83. The van der Waals surface area contributed by atoms with Crippen LogP contribution in [0.1, 0.15) is 110 Å². The van der Waals surface area contributed by atoms with Crippen molar-refractivity contribution in [3.05, 3.63) is 12.2 Å². The van der Waals surface area contributed by atoms with Crippen molar-refractivity contribution < 1.29 is 19.4 Å². The first kappa shape index (κ1) is 24.7. The van der Waals surface area contributed by atoms with E-state index in [4.69, 9.17) is 4.74 Å². The van der Waals surface area contributed by atoms with Gasteiger partial charge in [-0.2, -0.15) is 0 Å². The Balaban J connectivity index is 1.89. The summed E-state index contributed by atoms with van der Waals surface area (Å²) in [6, 6.07) is 0. The molecule has 1 N–H and O–H groups in total. The fourth-order valence-corrected chi connectivity index (χ4v) is 3.92. The molecule has 0 amide bonds. The van der Waals surface area contributed by atoms with E-state index in [9.17, 15) is 14.7 Å². The van der Waals surface area contributed by atoms with Gasteiger partial charge in [-0.3, -0.25) is 9.59 Å². The van der Waals surface area contributed by atoms with Gasteiger partial charge in [0.15, 0.2) is 0 Å². The number of carboxylic acids is 1. The zero-order valence-corrected chi connectivity index (χ0v) is 18.0. The maximum absolute atomic E-state index is 12.1. The highest BCUT2D eigenvalue weighted by Gasteiger charge is 2.34. The Hall–Kier alpha value is -1.32. The summed E-state index contributed by atoms with van der Waals surface area (Å²) >= 11 is 0. The number of hydrogen-bond acceptors (Lipinski definition) is 3. The number of carbonyl (C=O) groups excluding carboxylic acids is 1. The molecule has 0 aliphatic heterocycles. The Labute approximate surface area is 172 Å². The number of hydrogen-bond donors (Lipinski definition) is 1. The number of carboxylic acid groups (broad SMARTS) is 1. The van der Waals surface area contributed by atoms with Crippen molar-refractivity contribution in [1.82, 2.24) is 0 Å². The van der Waals surface area contributed by atoms with Crippen LogP contribution in [0, 0.1) is 11.8 Å². The Bertz CT molecular complexity index is 444. The molecule has 0 aromatic rings. The molecule has 0 heterocycles. The Kier molecular flexibility index (Phi) is 14.7. The molecule has 28 heavy (non-hydrogen) atoms. The highest BCUT2D eigenvalue weighted by molar-refractivity contribution is 5.81. The monoisotopic (exact) mass is 394 g/mol. The summed E-state index contributed by atoms with van der Waals surface area (Å²) in [6.07, 6.45) is 22.8. The molecule has 0 bridgehead atoms. The van der Waals surface area contributed by atoms with Gasteiger partial charge in [0.25, 0.3) is 0 Å². The van der Waals surface area contributed by atoms with Crippen LogP contribution >= 0.6 is 0 Å². The second-order valence-electron chi connectivity index (χ2n) is 8.26. The molecule has 162 valence electrons. The fraction of sp³-hybridized carbons (Fsp3) is 0.833. The summed E-state index contributed by atoms with van der Waals surface area (Å²) < 4.78 is 5.33. The van der Waals surface area contributed by atoms with Crippen molar-refractivity contribution >= 4 is 11.9 Å². The van der Waals surface area contributed by atoms with Crippen LogP contribution in [0.2, 0.25) is 0 Å². The number of carbonyl (C=O) groups is 2. The molecular weight excluding hydrogens is 352 g/mol. The molecule has 0 radical (unpaired) electrons. The minimum absolute atomic E-state index is 0.341. The van der Waals surface area contributed by atoms with Crippen LogP contribution < -0.4 is 0 Å². The molecule has 1 aliphatic carbocycles. The zero-order valence-electron chi connectivity index (χ0n) is 18.0. The third kappa shape index (κ3) is 11.5. The molecule has 2 unspecified atom stereocenters. The third-order valence-corrected chi connectivity index (χ3v) is 5.79. The number of aliphatic carboxylic acids is 1. The van der Waals surface area contributed by atoms with Gasteiger partial charge in [-0.1, -0.05) is 103 Å². The van der Waals surface area contributed by atoms with Gasteiger partial charge in [-0.15, -0.1) is 0 Å². The van der Waals surface area contributed by atoms with E-state index in [1.54, 1.807) is 0 Å². The average molecular weight is 395 g/mol. The number of unbranched alkanes of at least 4 members (excludes halogenated alkanes) is 13. The maximum Gasteiger partial charge on any atom is 0.310 e. The summed E-state index contributed by atoms with van der Waals surface area (Å²) in [6.45, 7) is 2.68. The van der Waals surface area contributed by atoms with Crippen LogP contribution in [0.5, 0.6) is 0 Å². The molecule has 4 nitrogen and oxygen atoms in total. The molecule has 0 fully saturated rings. The first-order chi connectivity index (χ1) is 13.7. The first-order valence-corrected chi connectivity index (χ1v) is 11.7. The predicted molar refractivity (Wildman–Crippen MR) is 114 cm³/mol. The summed E-state index contributed by atoms with van der Waals surface area (Å²) in [7, 11) is 0. The van der Waals surface area contributed by atoms with E-state index in [1.165, 1.54) is 77.0 Å². The van der Waals surface area contributed by atoms with E-state index in [-0.39, 0.29) is 5.97 Å². The summed E-state index contributed by atoms with van der Waals surface area (Å²) in [4.78, 5) is 23.4. The first-order valence-electron chi connectivity index (χ1n) is 11.7. The van der Waals surface area contributed by atoms with Gasteiger partial charge in [-0.05, 0) is 19.3 Å². The smallest absolute Gasteiger partial charge is 0.310 e. The number of rotatable bonds is 17. The molecule has 4 heteroatoms. The van der Waals surface area contributed by atoms with Crippen LogP contribution in [0.3, 0.4) is 0 Å². The van der Waals surface area contributed by atoms with Gasteiger partial charge < -0.3 is 9.84 Å². The van der Waals surface area contributed by atoms with Crippen LogP contribution in [-0.2, 0) is 14.3 Å². The molecule has 0 saturated heterocycles. The van der Waals surface area contributed by atoms with Gasteiger partial charge in [0.05, 0.1) is 18.4 Å². The van der Waals surface area contributed by atoms with Crippen LogP contribution in [-0.4, -0.2) is 23.7 Å². The van der Waals surface area contributed by atoms with E-state index in [2.05, 4.69) is 6.92 Å². The number of ether oxygens (including phenoxy) is 1. The zero-order chi connectivity index (χ0) is 20.5. The summed E-state index contributed by atoms with van der Waals surface area (Å²) in [5.41, 5.74) is 0. The average Bonchev–Trinajstić information content (AvgIpc) is 2.70. The van der Waals surface area contributed by atoms with Crippen molar-refractivity contribution in [2.24, 2.45) is 11.8 Å². The quantitative estimate of drug-likeness (QED) is 0.170. The van der Waals surface area contributed by atoms with Crippen LogP contribution in [0.15, 0.2) is 12.2 Å². The summed E-state index contributed by atoms with van der Waals surface area (Å²) in [5, 5.41) is 9.22. The summed E-state index contributed by atoms with van der Waals surface area (Å²) in [5.74, 6) is -2.39. The van der Waals surface area contributed by atoms with E-state index in [0.29, 0.717) is 19.4 Å². The molecule has 0 saturated carbocycles. The van der Waals surface area contributed by atoms with E-state index < -0.39 is 17.8 Å². The van der Waals surface area contributed by atoms with Gasteiger partial charge in [0.2, 0.25) is 0 Å². The standard InChI is InChI=1S/C24H42O4/c1-2-3-4-5-6-7-8-9-10-11-12-13-14-17-20-28-24(27)22-19-16-15-18-21(22)23(25)26/h15-16,21-22H,2-14,17-20H2,1H3,(H,25,26). The molecule has 1 rings (SSSR count). The third-order valence-electron chi connectivity index (χ3n) is 5.79. The molecular formula is C24H42O4. The Morgan fingerprint density at radius 2 is 1.18 bits per heavy atom. The Morgan fingerprint density at radius 1 is 0.750 bits per heavy atom. The topological polar surface area (TPSA) is 63.6 Å². The normalized spacial score (nSPS) is 18.9. The highest BCUT2D eigenvalue weighted by atomic mass is 16.5. The highest BCUT2D eigenvalue weighted by Crippen LogP contribution is 2.27. The lowest BCUT2D eigenvalue weighted by Gasteiger charge is -2.23. The second kappa shape index (κ2) is 16.6. The van der Waals surface area contributed by atoms with Gasteiger partial charge in [-0.25, -0.2) is 0 Å². The molecule has 0 spiro atoms. The largest absolute Gasteiger partial charge is 0.481 e. The lowest BCUT2D eigenvalue weighted by Crippen LogP contribution is -2.32. The lowest BCUT2D eigenvalue weighted by molar-refractivity contribution is -0.158. The van der Waals surface area contributed by atoms with Crippen molar-refractivity contribution in [2.45, 2.75) is 110 Å². The van der Waals surface area contributed by atoms with Gasteiger partial charge in [0.1, 0.15) is 0 Å². The molecule has 0 aromatic heterocycles. The van der Waals surface area contributed by atoms with Crippen molar-refractivity contribution in [1.29, 1.82) is 0 Å². The molecule has 2 atom stereocenters. The maximum atomic E-state index is 12.1. The van der Waals surface area contributed by atoms with Gasteiger partial charge >= 0.3 is 11.9 Å². The Morgan fingerprint density at radius 3 is 1.64 bits per heavy atom. The van der Waals surface area contributed by atoms with Gasteiger partial charge in [0, 0.05) is 0 Å². The fourth-order valence-electron chi connectivity index (χ4n) is 3.92. The minimum atomic E-state index is -0.900. The van der Waals surface area contributed by atoms with Crippen molar-refractivity contribution in [2.75, 3.05) is 6.61 Å². The number of allylic oxidation sites excluding steroid dienone is 2. The molecule has 1 aliphatic rings. The second-order valence-corrected chi connectivity index (χ2v) is 8.26. The predicted octanol–water partition coefficient (Wildman–Crippen LogP) is 6.68. The van der Waals surface area contributed by atoms with E-state index >= 15 is 0 Å². The van der Waals surface area contributed by atoms with Crippen molar-refractivity contribution in [3.63, 3.8) is 0 Å². The number of esters is 1.